The average Bonchev–Trinajstić information content (AvgIpc) is 3.13. The predicted molar refractivity (Wildman–Crippen MR) is 111 cm³/mol. The molecule has 4 rings (SSSR count). The Balaban J connectivity index is 1.51. The number of benzene rings is 2. The summed E-state index contributed by atoms with van der Waals surface area (Å²) in [6.45, 7) is 6.76. The number of hydrogen-bond donors (Lipinski definition) is 2. The largest absolute Gasteiger partial charge is 0.351 e. The summed E-state index contributed by atoms with van der Waals surface area (Å²) in [5.41, 5.74) is 2.87. The van der Waals surface area contributed by atoms with Crippen molar-refractivity contribution in [2.24, 2.45) is 0 Å². The number of rotatable bonds is 4. The first-order chi connectivity index (χ1) is 13.5. The van der Waals surface area contributed by atoms with Gasteiger partial charge < -0.3 is 15.2 Å². The lowest BCUT2D eigenvalue weighted by Crippen LogP contribution is -2.37. The second kappa shape index (κ2) is 7.76. The number of aromatic nitrogens is 1. The SMILES string of the molecule is CC(C)N1CCC(c2ccc3[nH]c(C(=O)Nc4ccccc4F)cc3c2)CC1. The Bertz CT molecular complexity index is 986. The topological polar surface area (TPSA) is 48.1 Å². The van der Waals surface area contributed by atoms with Crippen molar-refractivity contribution in [3.8, 4) is 0 Å². The Morgan fingerprint density at radius 3 is 2.61 bits per heavy atom. The van der Waals surface area contributed by atoms with Gasteiger partial charge in [-0.25, -0.2) is 4.39 Å². The quantitative estimate of drug-likeness (QED) is 0.659. The molecule has 1 amide bonds. The van der Waals surface area contributed by atoms with Crippen molar-refractivity contribution < 1.29 is 9.18 Å². The van der Waals surface area contributed by atoms with Crippen LogP contribution in [0, 0.1) is 5.82 Å². The van der Waals surface area contributed by atoms with Gasteiger partial charge in [-0.05, 0) is 81.6 Å². The van der Waals surface area contributed by atoms with Gasteiger partial charge >= 0.3 is 0 Å². The highest BCUT2D eigenvalue weighted by atomic mass is 19.1. The number of amides is 1. The molecule has 1 aliphatic rings. The minimum absolute atomic E-state index is 0.184. The molecule has 28 heavy (non-hydrogen) atoms. The van der Waals surface area contributed by atoms with Crippen LogP contribution in [-0.2, 0) is 0 Å². The van der Waals surface area contributed by atoms with Crippen LogP contribution in [0.2, 0.25) is 0 Å². The van der Waals surface area contributed by atoms with E-state index < -0.39 is 5.82 Å². The van der Waals surface area contributed by atoms with E-state index in [4.69, 9.17) is 0 Å². The number of hydrogen-bond acceptors (Lipinski definition) is 2. The number of nitrogens with zero attached hydrogens (tertiary/aromatic N) is 1. The maximum absolute atomic E-state index is 13.8. The Hall–Kier alpha value is -2.66. The van der Waals surface area contributed by atoms with Gasteiger partial charge in [0.15, 0.2) is 0 Å². The van der Waals surface area contributed by atoms with E-state index in [-0.39, 0.29) is 11.6 Å². The zero-order chi connectivity index (χ0) is 19.7. The van der Waals surface area contributed by atoms with Crippen LogP contribution in [0.15, 0.2) is 48.5 Å². The fraction of sp³-hybridized carbons (Fsp3) is 0.348. The maximum atomic E-state index is 13.8. The number of carbonyl (C=O) groups is 1. The van der Waals surface area contributed by atoms with Crippen molar-refractivity contribution in [3.05, 3.63) is 65.6 Å². The van der Waals surface area contributed by atoms with E-state index in [1.807, 2.05) is 12.1 Å². The summed E-state index contributed by atoms with van der Waals surface area (Å²) in [4.78, 5) is 18.2. The summed E-state index contributed by atoms with van der Waals surface area (Å²) in [6.07, 6.45) is 2.32. The van der Waals surface area contributed by atoms with E-state index >= 15 is 0 Å². The Labute approximate surface area is 164 Å². The van der Waals surface area contributed by atoms with Crippen molar-refractivity contribution in [1.82, 2.24) is 9.88 Å². The van der Waals surface area contributed by atoms with E-state index in [1.54, 1.807) is 18.2 Å². The minimum Gasteiger partial charge on any atom is -0.351 e. The number of H-pyrrole nitrogens is 1. The molecule has 0 aliphatic carbocycles. The van der Waals surface area contributed by atoms with Crippen LogP contribution < -0.4 is 5.32 Å². The van der Waals surface area contributed by atoms with Gasteiger partial charge in [-0.3, -0.25) is 4.79 Å². The third kappa shape index (κ3) is 3.80. The number of fused-ring (bicyclic) bond motifs is 1. The molecule has 0 unspecified atom stereocenters. The minimum atomic E-state index is -0.443. The normalized spacial score (nSPS) is 16.0. The van der Waals surface area contributed by atoms with Crippen LogP contribution in [0.4, 0.5) is 10.1 Å². The molecule has 5 heteroatoms. The molecule has 4 nitrogen and oxygen atoms in total. The molecular weight excluding hydrogens is 353 g/mol. The van der Waals surface area contributed by atoms with Crippen LogP contribution in [0.5, 0.6) is 0 Å². The first-order valence-corrected chi connectivity index (χ1v) is 9.94. The van der Waals surface area contributed by atoms with Gasteiger partial charge in [0.2, 0.25) is 0 Å². The van der Waals surface area contributed by atoms with Crippen LogP contribution in [0.25, 0.3) is 10.9 Å². The van der Waals surface area contributed by atoms with E-state index in [9.17, 15) is 9.18 Å². The Kier molecular flexibility index (Phi) is 5.18. The molecule has 0 bridgehead atoms. The molecule has 1 aromatic heterocycles. The number of anilines is 1. The first kappa shape index (κ1) is 18.7. The van der Waals surface area contributed by atoms with Crippen molar-refractivity contribution >= 4 is 22.5 Å². The predicted octanol–water partition coefficient (Wildman–Crippen LogP) is 5.15. The van der Waals surface area contributed by atoms with Crippen molar-refractivity contribution in [3.63, 3.8) is 0 Å². The van der Waals surface area contributed by atoms with Gasteiger partial charge in [-0.1, -0.05) is 18.2 Å². The van der Waals surface area contributed by atoms with Crippen LogP contribution in [0.3, 0.4) is 0 Å². The summed E-state index contributed by atoms with van der Waals surface area (Å²) in [5, 5.41) is 3.65. The highest BCUT2D eigenvalue weighted by molar-refractivity contribution is 6.06. The molecule has 0 saturated carbocycles. The number of nitrogens with one attached hydrogen (secondary N) is 2. The molecular formula is C23H26FN3O. The highest BCUT2D eigenvalue weighted by Gasteiger charge is 2.22. The van der Waals surface area contributed by atoms with Crippen molar-refractivity contribution in [2.45, 2.75) is 38.6 Å². The van der Waals surface area contributed by atoms with Gasteiger partial charge in [0.1, 0.15) is 11.5 Å². The third-order valence-corrected chi connectivity index (χ3v) is 5.74. The average molecular weight is 379 g/mol. The van der Waals surface area contributed by atoms with Crippen LogP contribution >= 0.6 is 0 Å². The lowest BCUT2D eigenvalue weighted by Gasteiger charge is -2.34. The summed E-state index contributed by atoms with van der Waals surface area (Å²) >= 11 is 0. The lowest BCUT2D eigenvalue weighted by molar-refractivity contribution is 0.102. The molecule has 0 radical (unpaired) electrons. The lowest BCUT2D eigenvalue weighted by atomic mass is 9.88. The summed E-state index contributed by atoms with van der Waals surface area (Å²) in [6, 6.07) is 15.0. The van der Waals surface area contributed by atoms with Gasteiger partial charge in [0, 0.05) is 16.9 Å². The maximum Gasteiger partial charge on any atom is 0.272 e. The number of likely N-dealkylation sites (tertiary alicyclic amines) is 1. The fourth-order valence-electron chi connectivity index (χ4n) is 4.03. The second-order valence-electron chi connectivity index (χ2n) is 7.87. The van der Waals surface area contributed by atoms with Gasteiger partial charge in [-0.15, -0.1) is 0 Å². The van der Waals surface area contributed by atoms with Crippen molar-refractivity contribution in [1.29, 1.82) is 0 Å². The van der Waals surface area contributed by atoms with Gasteiger partial charge in [0.05, 0.1) is 5.69 Å². The molecule has 1 aliphatic heterocycles. The summed E-state index contributed by atoms with van der Waals surface area (Å²) in [5.74, 6) is -0.222. The van der Waals surface area contributed by atoms with E-state index in [0.29, 0.717) is 17.7 Å². The molecule has 2 heterocycles. The second-order valence-corrected chi connectivity index (χ2v) is 7.87. The molecule has 1 fully saturated rings. The zero-order valence-corrected chi connectivity index (χ0v) is 16.3. The van der Waals surface area contributed by atoms with Crippen molar-refractivity contribution in [2.75, 3.05) is 18.4 Å². The Morgan fingerprint density at radius 1 is 1.14 bits per heavy atom. The Morgan fingerprint density at radius 2 is 1.89 bits per heavy atom. The number of para-hydroxylation sites is 1. The monoisotopic (exact) mass is 379 g/mol. The smallest absolute Gasteiger partial charge is 0.272 e. The standard InChI is InChI=1S/C23H26FN3O/c1-15(2)27-11-9-16(10-12-27)17-7-8-20-18(13-17)14-22(25-20)23(28)26-21-6-4-3-5-19(21)24/h3-8,13-16,25H,9-12H2,1-2H3,(H,26,28). The number of aromatic amines is 1. The fourth-order valence-corrected chi connectivity index (χ4v) is 4.03. The first-order valence-electron chi connectivity index (χ1n) is 9.94. The van der Waals surface area contributed by atoms with E-state index in [2.05, 4.69) is 41.2 Å². The summed E-state index contributed by atoms with van der Waals surface area (Å²) < 4.78 is 13.8. The molecule has 2 aromatic carbocycles. The number of halogens is 1. The van der Waals surface area contributed by atoms with E-state index in [0.717, 1.165) is 36.8 Å². The third-order valence-electron chi connectivity index (χ3n) is 5.74. The zero-order valence-electron chi connectivity index (χ0n) is 16.3. The van der Waals surface area contributed by atoms with Gasteiger partial charge in [0.25, 0.3) is 5.91 Å². The molecule has 146 valence electrons. The number of piperidine rings is 1. The molecule has 0 atom stereocenters. The molecule has 1 saturated heterocycles. The van der Waals surface area contributed by atoms with Crippen LogP contribution in [0.1, 0.15) is 48.7 Å². The van der Waals surface area contributed by atoms with Gasteiger partial charge in [-0.2, -0.15) is 0 Å². The van der Waals surface area contributed by atoms with E-state index in [1.165, 1.54) is 11.6 Å². The highest BCUT2D eigenvalue weighted by Crippen LogP contribution is 2.31. The summed E-state index contributed by atoms with van der Waals surface area (Å²) in [7, 11) is 0. The van der Waals surface area contributed by atoms with Crippen LogP contribution in [-0.4, -0.2) is 34.9 Å². The molecule has 2 N–H and O–H groups in total. The molecule has 3 aromatic rings. The number of carbonyl (C=O) groups excluding carboxylic acids is 1. The molecule has 0 spiro atoms.